The minimum absolute atomic E-state index is 0.0384. The molecule has 92 valence electrons. The van der Waals surface area contributed by atoms with Crippen LogP contribution in [0.3, 0.4) is 0 Å². The molecule has 4 nitrogen and oxygen atoms in total. The number of hydrogen-bond acceptors (Lipinski definition) is 4. The summed E-state index contributed by atoms with van der Waals surface area (Å²) in [4.78, 5) is 4.18. The Labute approximate surface area is 117 Å². The van der Waals surface area contributed by atoms with Gasteiger partial charge in [0.25, 0.3) is 0 Å². The quantitative estimate of drug-likeness (QED) is 0.850. The van der Waals surface area contributed by atoms with Crippen LogP contribution in [-0.2, 0) is 0 Å². The fourth-order valence-electron chi connectivity index (χ4n) is 1.84. The van der Waals surface area contributed by atoms with Crippen molar-refractivity contribution in [3.05, 3.63) is 41.5 Å². The van der Waals surface area contributed by atoms with Gasteiger partial charge in [0.05, 0.1) is 0 Å². The number of rotatable bonds is 2. The molecule has 0 saturated heterocycles. The van der Waals surface area contributed by atoms with Crippen LogP contribution < -0.4 is 10.3 Å². The van der Waals surface area contributed by atoms with Crippen molar-refractivity contribution in [1.82, 2.24) is 4.98 Å². The van der Waals surface area contributed by atoms with Crippen LogP contribution in [0.4, 0.5) is 5.82 Å². The number of benzene rings is 1. The molecular weight excluding hydrogens is 303 g/mol. The van der Waals surface area contributed by atoms with Crippen molar-refractivity contribution in [3.8, 4) is 23.3 Å². The first-order valence-corrected chi connectivity index (χ1v) is 8.03. The van der Waals surface area contributed by atoms with Gasteiger partial charge in [-0.15, -0.1) is 0 Å². The predicted octanol–water partition coefficient (Wildman–Crippen LogP) is 1.45. The van der Waals surface area contributed by atoms with E-state index in [9.17, 15) is 10.5 Å². The molecule has 0 unspecified atom stereocenters. The van der Waals surface area contributed by atoms with E-state index < -0.39 is 0 Å². The molecule has 2 aromatic rings. The van der Waals surface area contributed by atoms with E-state index in [0.29, 0.717) is 15.7 Å². The van der Waals surface area contributed by atoms with Gasteiger partial charge in [-0.05, 0) is 0 Å². The van der Waals surface area contributed by atoms with Gasteiger partial charge in [0.1, 0.15) is 0 Å². The summed E-state index contributed by atoms with van der Waals surface area (Å²) in [6.45, 7) is 0. The summed E-state index contributed by atoms with van der Waals surface area (Å²) < 4.78 is 0.686. The Hall–Kier alpha value is -2.33. The number of nitrogen functional groups attached to an aromatic ring is 1. The van der Waals surface area contributed by atoms with Crippen LogP contribution in [0.2, 0.25) is 5.82 Å². The summed E-state index contributed by atoms with van der Waals surface area (Å²) in [5.74, 6) is 2.16. The van der Waals surface area contributed by atoms with Crippen LogP contribution in [0.1, 0.15) is 11.1 Å². The Morgan fingerprint density at radius 3 is 2.26 bits per heavy atom. The Morgan fingerprint density at radius 2 is 1.74 bits per heavy atom. The summed E-state index contributed by atoms with van der Waals surface area (Å²) in [6.07, 6.45) is 0. The van der Waals surface area contributed by atoms with Gasteiger partial charge < -0.3 is 0 Å². The maximum absolute atomic E-state index is 9.37. The number of pyridine rings is 1. The molecule has 0 atom stereocenters. The van der Waals surface area contributed by atoms with Crippen molar-refractivity contribution < 1.29 is 0 Å². The molecule has 19 heavy (non-hydrogen) atoms. The fourth-order valence-corrected chi connectivity index (χ4v) is 2.98. The molecule has 0 spiro atoms. The second-order valence-electron chi connectivity index (χ2n) is 3.72. The standard InChI is InChI=1S/C14H10N4Se/c1-19-14-11(8-16)12(9-5-3-2-4-6-9)10(7-15)13(17)18-14/h2-6H,1H3,(H2,17,18). The van der Waals surface area contributed by atoms with Crippen LogP contribution in [0.5, 0.6) is 0 Å². The van der Waals surface area contributed by atoms with Crippen LogP contribution in [-0.4, -0.2) is 19.9 Å². The van der Waals surface area contributed by atoms with E-state index in [4.69, 9.17) is 5.73 Å². The van der Waals surface area contributed by atoms with Gasteiger partial charge >= 0.3 is 117 Å². The Balaban J connectivity index is 2.88. The Bertz CT molecular complexity index is 696. The number of nitriles is 2. The SMILES string of the molecule is C[Se]c1nc(N)c(C#N)c(-c2ccccc2)c1C#N. The van der Waals surface area contributed by atoms with E-state index in [2.05, 4.69) is 17.1 Å². The van der Waals surface area contributed by atoms with Crippen molar-refractivity contribution >= 4 is 25.4 Å². The molecular formula is C14H10N4Se. The van der Waals surface area contributed by atoms with Crippen LogP contribution in [0.15, 0.2) is 30.3 Å². The van der Waals surface area contributed by atoms with Crippen molar-refractivity contribution in [2.24, 2.45) is 0 Å². The van der Waals surface area contributed by atoms with E-state index in [1.807, 2.05) is 36.2 Å². The van der Waals surface area contributed by atoms with Gasteiger partial charge in [0, 0.05) is 0 Å². The molecule has 0 saturated carbocycles. The minimum atomic E-state index is 0.0384. The average molecular weight is 313 g/mol. The monoisotopic (exact) mass is 314 g/mol. The van der Waals surface area contributed by atoms with Crippen LogP contribution in [0.25, 0.3) is 11.1 Å². The molecule has 0 aliphatic carbocycles. The topological polar surface area (TPSA) is 86.5 Å². The van der Waals surface area contributed by atoms with Crippen molar-refractivity contribution in [2.75, 3.05) is 5.73 Å². The Morgan fingerprint density at radius 1 is 1.11 bits per heavy atom. The summed E-state index contributed by atoms with van der Waals surface area (Å²) in [5, 5.41) is 18.6. The third-order valence-corrected chi connectivity index (χ3v) is 4.10. The normalized spacial score (nSPS) is 9.63. The Kier molecular flexibility index (Phi) is 3.82. The molecule has 0 bridgehead atoms. The molecule has 1 aromatic carbocycles. The summed E-state index contributed by atoms with van der Waals surface area (Å²) in [5.41, 5.74) is 7.98. The zero-order valence-corrected chi connectivity index (χ0v) is 11.9. The maximum atomic E-state index is 9.37. The molecule has 1 aromatic heterocycles. The van der Waals surface area contributed by atoms with Crippen molar-refractivity contribution in [3.63, 3.8) is 0 Å². The molecule has 2 rings (SSSR count). The van der Waals surface area contributed by atoms with Gasteiger partial charge in [-0.2, -0.15) is 0 Å². The molecule has 0 radical (unpaired) electrons. The van der Waals surface area contributed by atoms with Gasteiger partial charge in [-0.25, -0.2) is 0 Å². The summed E-state index contributed by atoms with van der Waals surface area (Å²) in [6, 6.07) is 13.6. The van der Waals surface area contributed by atoms with Gasteiger partial charge in [0.15, 0.2) is 0 Å². The van der Waals surface area contributed by atoms with Crippen LogP contribution >= 0.6 is 0 Å². The number of anilines is 1. The van der Waals surface area contributed by atoms with Crippen molar-refractivity contribution in [1.29, 1.82) is 10.5 Å². The molecule has 5 heteroatoms. The molecule has 0 amide bonds. The molecule has 2 N–H and O–H groups in total. The molecule has 0 aliphatic rings. The second kappa shape index (κ2) is 5.54. The first kappa shape index (κ1) is 13.1. The average Bonchev–Trinajstić information content (AvgIpc) is 2.46. The van der Waals surface area contributed by atoms with Gasteiger partial charge in [-0.3, -0.25) is 0 Å². The third-order valence-electron chi connectivity index (χ3n) is 2.67. The predicted molar refractivity (Wildman–Crippen MR) is 74.8 cm³/mol. The number of hydrogen-bond donors (Lipinski definition) is 1. The number of aromatic nitrogens is 1. The molecule has 1 heterocycles. The summed E-state index contributed by atoms with van der Waals surface area (Å²) >= 11 is 0.0384. The van der Waals surface area contributed by atoms with E-state index in [1.54, 1.807) is 0 Å². The fraction of sp³-hybridized carbons (Fsp3) is 0.0714. The molecule has 0 fully saturated rings. The van der Waals surface area contributed by atoms with E-state index >= 15 is 0 Å². The molecule has 0 aliphatic heterocycles. The first-order valence-electron chi connectivity index (χ1n) is 5.46. The van der Waals surface area contributed by atoms with Crippen molar-refractivity contribution in [2.45, 2.75) is 5.82 Å². The van der Waals surface area contributed by atoms with Crippen LogP contribution in [0, 0.1) is 22.7 Å². The zero-order valence-electron chi connectivity index (χ0n) is 10.2. The second-order valence-corrected chi connectivity index (χ2v) is 5.39. The zero-order chi connectivity index (χ0) is 13.8. The van der Waals surface area contributed by atoms with E-state index in [1.165, 1.54) is 0 Å². The first-order chi connectivity index (χ1) is 9.22. The van der Waals surface area contributed by atoms with Gasteiger partial charge in [-0.1, -0.05) is 0 Å². The van der Waals surface area contributed by atoms with E-state index in [0.717, 1.165) is 5.56 Å². The van der Waals surface area contributed by atoms with E-state index in [-0.39, 0.29) is 26.3 Å². The number of nitrogens with zero attached hydrogens (tertiary/aromatic N) is 3. The van der Waals surface area contributed by atoms with Gasteiger partial charge in [0.2, 0.25) is 0 Å². The number of nitrogens with two attached hydrogens (primary N) is 1. The summed E-state index contributed by atoms with van der Waals surface area (Å²) in [7, 11) is 0. The third kappa shape index (κ3) is 2.30.